The molecule has 0 saturated heterocycles. The third kappa shape index (κ3) is 4.43. The van der Waals surface area contributed by atoms with Crippen molar-refractivity contribution >= 4 is 28.6 Å². The van der Waals surface area contributed by atoms with Gasteiger partial charge in [-0.25, -0.2) is 9.37 Å². The first-order valence-corrected chi connectivity index (χ1v) is 9.42. The number of nitrogens with zero attached hydrogens (tertiary/aromatic N) is 1. The van der Waals surface area contributed by atoms with Crippen molar-refractivity contribution in [1.29, 1.82) is 0 Å². The second kappa shape index (κ2) is 7.76. The van der Waals surface area contributed by atoms with E-state index in [2.05, 4.69) is 10.3 Å². The second-order valence-corrected chi connectivity index (χ2v) is 7.47. The number of ether oxygens (including phenoxy) is 1. The van der Waals surface area contributed by atoms with E-state index in [0.29, 0.717) is 12.3 Å². The van der Waals surface area contributed by atoms with Crippen molar-refractivity contribution in [2.75, 3.05) is 0 Å². The van der Waals surface area contributed by atoms with E-state index in [9.17, 15) is 9.18 Å². The molecule has 1 N–H and O–H groups in total. The number of halogens is 1. The highest BCUT2D eigenvalue weighted by Gasteiger charge is 2.16. The number of aryl methyl sites for hydroxylation is 1. The van der Waals surface area contributed by atoms with Crippen LogP contribution < -0.4 is 10.1 Å². The summed E-state index contributed by atoms with van der Waals surface area (Å²) in [5, 5.41) is 5.85. The molecule has 1 aromatic carbocycles. The van der Waals surface area contributed by atoms with Crippen molar-refractivity contribution in [3.8, 4) is 15.6 Å². The highest BCUT2D eigenvalue weighted by atomic mass is 32.1. The second-order valence-electron chi connectivity index (χ2n) is 5.44. The van der Waals surface area contributed by atoms with E-state index in [4.69, 9.17) is 4.74 Å². The molecule has 3 rings (SSSR count). The Labute approximate surface area is 153 Å². The van der Waals surface area contributed by atoms with Crippen LogP contribution in [-0.4, -0.2) is 17.0 Å². The van der Waals surface area contributed by atoms with Gasteiger partial charge >= 0.3 is 0 Å². The average Bonchev–Trinajstić information content (AvgIpc) is 3.24. The summed E-state index contributed by atoms with van der Waals surface area (Å²) in [6.07, 6.45) is -0.671. The fraction of sp³-hybridized carbons (Fsp3) is 0.222. The van der Waals surface area contributed by atoms with Gasteiger partial charge in [-0.1, -0.05) is 6.07 Å². The summed E-state index contributed by atoms with van der Waals surface area (Å²) in [5.41, 5.74) is 0.917. The molecule has 0 aliphatic rings. The summed E-state index contributed by atoms with van der Waals surface area (Å²) in [4.78, 5) is 18.9. The number of hydrogen-bond donors (Lipinski definition) is 1. The van der Waals surface area contributed by atoms with Gasteiger partial charge in [-0.3, -0.25) is 4.79 Å². The number of carbonyl (C=O) groups excluding carboxylic acids is 1. The van der Waals surface area contributed by atoms with Gasteiger partial charge in [-0.05, 0) is 49.6 Å². The van der Waals surface area contributed by atoms with Gasteiger partial charge in [0.25, 0.3) is 5.91 Å². The van der Waals surface area contributed by atoms with Crippen molar-refractivity contribution in [2.24, 2.45) is 0 Å². The van der Waals surface area contributed by atoms with Gasteiger partial charge in [0.05, 0.1) is 17.1 Å². The number of carbonyl (C=O) groups is 1. The molecule has 1 atom stereocenters. The summed E-state index contributed by atoms with van der Waals surface area (Å²) in [5.74, 6) is -0.112. The molecule has 7 heteroatoms. The van der Waals surface area contributed by atoms with Crippen LogP contribution in [0.25, 0.3) is 9.88 Å². The van der Waals surface area contributed by atoms with E-state index >= 15 is 0 Å². The van der Waals surface area contributed by atoms with E-state index in [0.717, 1.165) is 20.5 Å². The molecule has 1 unspecified atom stereocenters. The number of benzene rings is 1. The van der Waals surface area contributed by atoms with Gasteiger partial charge in [-0.15, -0.1) is 22.7 Å². The van der Waals surface area contributed by atoms with Crippen LogP contribution in [-0.2, 0) is 11.3 Å². The lowest BCUT2D eigenvalue weighted by Gasteiger charge is -2.14. The Morgan fingerprint density at radius 2 is 2.08 bits per heavy atom. The Morgan fingerprint density at radius 1 is 1.32 bits per heavy atom. The van der Waals surface area contributed by atoms with Crippen LogP contribution in [0.2, 0.25) is 0 Å². The summed E-state index contributed by atoms with van der Waals surface area (Å²) in [6.45, 7) is 4.01. The third-order valence-corrected chi connectivity index (χ3v) is 5.74. The molecular weight excluding hydrogens is 359 g/mol. The maximum atomic E-state index is 12.9. The minimum atomic E-state index is -0.671. The van der Waals surface area contributed by atoms with Crippen LogP contribution in [0.4, 0.5) is 4.39 Å². The number of thiophene rings is 1. The maximum Gasteiger partial charge on any atom is 0.261 e. The van der Waals surface area contributed by atoms with Crippen LogP contribution in [0.1, 0.15) is 17.5 Å². The van der Waals surface area contributed by atoms with Crippen LogP contribution in [0.15, 0.2) is 41.8 Å². The summed E-state index contributed by atoms with van der Waals surface area (Å²) in [7, 11) is 0. The number of rotatable bonds is 6. The molecule has 25 heavy (non-hydrogen) atoms. The molecule has 3 aromatic rings. The Morgan fingerprint density at radius 3 is 2.76 bits per heavy atom. The number of hydrogen-bond acceptors (Lipinski definition) is 5. The maximum absolute atomic E-state index is 12.9. The molecule has 0 saturated carbocycles. The molecule has 0 radical (unpaired) electrons. The molecule has 0 spiro atoms. The molecule has 0 fully saturated rings. The topological polar surface area (TPSA) is 51.2 Å². The van der Waals surface area contributed by atoms with Crippen molar-refractivity contribution in [1.82, 2.24) is 10.3 Å². The Kier molecular flexibility index (Phi) is 5.45. The zero-order chi connectivity index (χ0) is 17.8. The van der Waals surface area contributed by atoms with Crippen LogP contribution in [0, 0.1) is 12.7 Å². The first-order chi connectivity index (χ1) is 12.0. The molecule has 0 bridgehead atoms. The first-order valence-electron chi connectivity index (χ1n) is 7.73. The molecule has 0 aliphatic carbocycles. The van der Waals surface area contributed by atoms with Crippen LogP contribution in [0.3, 0.4) is 0 Å². The van der Waals surface area contributed by atoms with Gasteiger partial charge in [0.15, 0.2) is 6.10 Å². The van der Waals surface area contributed by atoms with Gasteiger partial charge < -0.3 is 10.1 Å². The third-order valence-electron chi connectivity index (χ3n) is 3.54. The lowest BCUT2D eigenvalue weighted by molar-refractivity contribution is -0.127. The largest absolute Gasteiger partial charge is 0.481 e. The molecule has 0 aliphatic heterocycles. The van der Waals surface area contributed by atoms with E-state index in [1.165, 1.54) is 24.3 Å². The number of thiazole rings is 1. The zero-order valence-electron chi connectivity index (χ0n) is 13.8. The molecular formula is C18H17FN2O2S2. The molecule has 130 valence electrons. The monoisotopic (exact) mass is 376 g/mol. The summed E-state index contributed by atoms with van der Waals surface area (Å²) < 4.78 is 18.4. The summed E-state index contributed by atoms with van der Waals surface area (Å²) in [6, 6.07) is 9.62. The quantitative estimate of drug-likeness (QED) is 0.694. The lowest BCUT2D eigenvalue weighted by atomic mass is 10.3. The first kappa shape index (κ1) is 17.6. The van der Waals surface area contributed by atoms with E-state index in [1.807, 2.05) is 24.4 Å². The van der Waals surface area contributed by atoms with Gasteiger partial charge in [-0.2, -0.15) is 0 Å². The van der Waals surface area contributed by atoms with E-state index in [1.54, 1.807) is 29.6 Å². The van der Waals surface area contributed by atoms with Gasteiger partial charge in [0, 0.05) is 4.88 Å². The Hall–Kier alpha value is -2.25. The number of aromatic nitrogens is 1. The zero-order valence-corrected chi connectivity index (χ0v) is 15.4. The lowest BCUT2D eigenvalue weighted by Crippen LogP contribution is -2.35. The molecule has 4 nitrogen and oxygen atoms in total. The van der Waals surface area contributed by atoms with Crippen molar-refractivity contribution < 1.29 is 13.9 Å². The fourth-order valence-electron chi connectivity index (χ4n) is 2.18. The number of nitrogens with one attached hydrogen (secondary N) is 1. The predicted molar refractivity (Wildman–Crippen MR) is 98.5 cm³/mol. The Bertz CT molecular complexity index is 845. The highest BCUT2D eigenvalue weighted by Crippen LogP contribution is 2.30. The molecule has 2 aromatic heterocycles. The minimum absolute atomic E-state index is 0.227. The normalized spacial score (nSPS) is 12.0. The van der Waals surface area contributed by atoms with Crippen LogP contribution in [0.5, 0.6) is 5.75 Å². The van der Waals surface area contributed by atoms with Crippen molar-refractivity contribution in [2.45, 2.75) is 26.5 Å². The van der Waals surface area contributed by atoms with Crippen molar-refractivity contribution in [3.63, 3.8) is 0 Å². The summed E-state index contributed by atoms with van der Waals surface area (Å²) >= 11 is 3.22. The smallest absolute Gasteiger partial charge is 0.261 e. The standard InChI is InChI=1S/C18H17FN2O2S2/c1-11-16(25-18(21-11)15-4-3-9-24-15)10-20-17(22)12(2)23-14-7-5-13(19)6-8-14/h3-9,12H,10H2,1-2H3,(H,20,22). The van der Waals surface area contributed by atoms with Gasteiger partial charge in [0.2, 0.25) is 0 Å². The van der Waals surface area contributed by atoms with Gasteiger partial charge in [0.1, 0.15) is 16.6 Å². The SMILES string of the molecule is Cc1nc(-c2cccs2)sc1CNC(=O)C(C)Oc1ccc(F)cc1. The van der Waals surface area contributed by atoms with Crippen molar-refractivity contribution in [3.05, 3.63) is 58.2 Å². The average molecular weight is 376 g/mol. The molecule has 2 heterocycles. The minimum Gasteiger partial charge on any atom is -0.481 e. The fourth-order valence-corrected chi connectivity index (χ4v) is 3.98. The highest BCUT2D eigenvalue weighted by molar-refractivity contribution is 7.21. The van der Waals surface area contributed by atoms with E-state index < -0.39 is 6.10 Å². The predicted octanol–water partition coefficient (Wildman–Crippen LogP) is 4.40. The van der Waals surface area contributed by atoms with E-state index in [-0.39, 0.29) is 11.7 Å². The van der Waals surface area contributed by atoms with Crippen LogP contribution >= 0.6 is 22.7 Å². The number of amides is 1. The Balaban J connectivity index is 1.57. The molecule has 1 amide bonds.